The van der Waals surface area contributed by atoms with Gasteiger partial charge in [-0.05, 0) is 6.92 Å². The summed E-state index contributed by atoms with van der Waals surface area (Å²) in [6, 6.07) is 0. The molecule has 0 aliphatic rings. The summed E-state index contributed by atoms with van der Waals surface area (Å²) in [6.45, 7) is 3.22. The average molecular weight is 283 g/mol. The van der Waals surface area contributed by atoms with Gasteiger partial charge in [-0.15, -0.1) is 21.5 Å². The number of thiazole rings is 1. The Balaban J connectivity index is 2.01. The first-order chi connectivity index (χ1) is 8.70. The topological polar surface area (TPSA) is 71.0 Å². The van der Waals surface area contributed by atoms with Crippen molar-refractivity contribution >= 4 is 33.7 Å². The van der Waals surface area contributed by atoms with E-state index in [1.807, 2.05) is 12.3 Å². The molecular weight excluding hydrogens is 270 g/mol. The molecule has 8 heteroatoms. The lowest BCUT2D eigenvalue weighted by molar-refractivity contribution is 0.0782. The lowest BCUT2D eigenvalue weighted by Gasteiger charge is -2.13. The van der Waals surface area contributed by atoms with E-state index >= 15 is 0 Å². The van der Waals surface area contributed by atoms with Gasteiger partial charge in [0.05, 0.1) is 17.7 Å². The summed E-state index contributed by atoms with van der Waals surface area (Å²) in [7, 11) is 1.73. The molecule has 6 nitrogen and oxygen atoms in total. The van der Waals surface area contributed by atoms with E-state index in [2.05, 4.69) is 20.5 Å². The van der Waals surface area contributed by atoms with Crippen LogP contribution in [0.2, 0.25) is 0 Å². The SMILES string of the molecule is CCNc1nnc(C(=O)N(C)Cc2cscn2)s1. The minimum absolute atomic E-state index is 0.135. The van der Waals surface area contributed by atoms with Crippen LogP contribution < -0.4 is 5.32 Å². The van der Waals surface area contributed by atoms with E-state index in [1.165, 1.54) is 22.7 Å². The van der Waals surface area contributed by atoms with E-state index in [0.717, 1.165) is 12.2 Å². The zero-order valence-corrected chi connectivity index (χ0v) is 11.7. The Morgan fingerprint density at radius 1 is 1.50 bits per heavy atom. The summed E-state index contributed by atoms with van der Waals surface area (Å²) in [5.41, 5.74) is 2.63. The van der Waals surface area contributed by atoms with Crippen molar-refractivity contribution in [3.8, 4) is 0 Å². The Hall–Kier alpha value is -1.54. The summed E-state index contributed by atoms with van der Waals surface area (Å²) >= 11 is 2.78. The minimum atomic E-state index is -0.135. The molecule has 96 valence electrons. The zero-order chi connectivity index (χ0) is 13.0. The quantitative estimate of drug-likeness (QED) is 0.904. The van der Waals surface area contributed by atoms with Gasteiger partial charge < -0.3 is 10.2 Å². The van der Waals surface area contributed by atoms with E-state index in [9.17, 15) is 4.79 Å². The van der Waals surface area contributed by atoms with Crippen LogP contribution >= 0.6 is 22.7 Å². The van der Waals surface area contributed by atoms with Gasteiger partial charge in [0.2, 0.25) is 10.1 Å². The highest BCUT2D eigenvalue weighted by atomic mass is 32.1. The Bertz CT molecular complexity index is 510. The van der Waals surface area contributed by atoms with Gasteiger partial charge >= 0.3 is 0 Å². The predicted octanol–water partition coefficient (Wildman–Crippen LogP) is 1.70. The van der Waals surface area contributed by atoms with Crippen molar-refractivity contribution in [3.63, 3.8) is 0 Å². The van der Waals surface area contributed by atoms with Crippen molar-refractivity contribution in [2.24, 2.45) is 0 Å². The second kappa shape index (κ2) is 5.87. The molecule has 0 aliphatic heterocycles. The zero-order valence-electron chi connectivity index (χ0n) is 10.1. The fourth-order valence-electron chi connectivity index (χ4n) is 1.33. The van der Waals surface area contributed by atoms with Gasteiger partial charge in [0, 0.05) is 19.0 Å². The Kier molecular flexibility index (Phi) is 4.21. The first-order valence-electron chi connectivity index (χ1n) is 5.40. The number of amides is 1. The van der Waals surface area contributed by atoms with E-state index in [1.54, 1.807) is 17.5 Å². The fraction of sp³-hybridized carbons (Fsp3) is 0.400. The summed E-state index contributed by atoms with van der Waals surface area (Å²) in [4.78, 5) is 17.8. The highest BCUT2D eigenvalue weighted by molar-refractivity contribution is 7.17. The van der Waals surface area contributed by atoms with Crippen LogP contribution in [0.5, 0.6) is 0 Å². The molecule has 0 radical (unpaired) electrons. The Morgan fingerprint density at radius 3 is 3.00 bits per heavy atom. The maximum Gasteiger partial charge on any atom is 0.285 e. The molecule has 0 aromatic carbocycles. The molecule has 2 rings (SSSR count). The van der Waals surface area contributed by atoms with Crippen LogP contribution in [0.15, 0.2) is 10.9 Å². The fourth-order valence-corrected chi connectivity index (χ4v) is 2.68. The first-order valence-corrected chi connectivity index (χ1v) is 7.16. The number of carbonyl (C=O) groups is 1. The van der Waals surface area contributed by atoms with Gasteiger partial charge in [-0.2, -0.15) is 0 Å². The lowest BCUT2D eigenvalue weighted by Crippen LogP contribution is -2.26. The first kappa shape index (κ1) is 12.9. The van der Waals surface area contributed by atoms with Crippen LogP contribution in [0.1, 0.15) is 22.4 Å². The van der Waals surface area contributed by atoms with E-state index in [0.29, 0.717) is 16.7 Å². The maximum atomic E-state index is 12.1. The van der Waals surface area contributed by atoms with E-state index in [-0.39, 0.29) is 5.91 Å². The molecule has 1 N–H and O–H groups in total. The number of aromatic nitrogens is 3. The number of nitrogens with zero attached hydrogens (tertiary/aromatic N) is 4. The number of carbonyl (C=O) groups excluding carboxylic acids is 1. The highest BCUT2D eigenvalue weighted by Gasteiger charge is 2.17. The van der Waals surface area contributed by atoms with E-state index < -0.39 is 0 Å². The molecule has 0 spiro atoms. The smallest absolute Gasteiger partial charge is 0.285 e. The Labute approximate surface area is 113 Å². The molecule has 0 unspecified atom stereocenters. The number of nitrogens with one attached hydrogen (secondary N) is 1. The molecule has 1 amide bonds. The third kappa shape index (κ3) is 3.02. The van der Waals surface area contributed by atoms with Crippen LogP contribution in [0.3, 0.4) is 0 Å². The van der Waals surface area contributed by atoms with Crippen molar-refractivity contribution in [1.82, 2.24) is 20.1 Å². The molecular formula is C10H13N5OS2. The standard InChI is InChI=1S/C10H13N5OS2/c1-3-11-10-14-13-8(18-10)9(16)15(2)4-7-5-17-6-12-7/h5-6H,3-4H2,1-2H3,(H,11,14). The van der Waals surface area contributed by atoms with Gasteiger partial charge in [-0.25, -0.2) is 4.98 Å². The molecule has 0 bridgehead atoms. The van der Waals surface area contributed by atoms with Gasteiger partial charge in [-0.1, -0.05) is 11.3 Å². The van der Waals surface area contributed by atoms with Crippen molar-refractivity contribution in [2.75, 3.05) is 18.9 Å². The molecule has 2 aromatic heterocycles. The second-order valence-electron chi connectivity index (χ2n) is 3.58. The largest absolute Gasteiger partial charge is 0.360 e. The summed E-state index contributed by atoms with van der Waals surface area (Å²) in [5.74, 6) is -0.135. The highest BCUT2D eigenvalue weighted by Crippen LogP contribution is 2.17. The van der Waals surface area contributed by atoms with Crippen LogP contribution in [-0.2, 0) is 6.54 Å². The molecule has 2 heterocycles. The van der Waals surface area contributed by atoms with Crippen LogP contribution in [-0.4, -0.2) is 39.6 Å². The number of hydrogen-bond donors (Lipinski definition) is 1. The molecule has 0 fully saturated rings. The van der Waals surface area contributed by atoms with Crippen molar-refractivity contribution < 1.29 is 4.79 Å². The number of anilines is 1. The lowest BCUT2D eigenvalue weighted by atomic mass is 10.4. The molecule has 18 heavy (non-hydrogen) atoms. The normalized spacial score (nSPS) is 10.3. The molecule has 0 aliphatic carbocycles. The van der Waals surface area contributed by atoms with Crippen molar-refractivity contribution in [1.29, 1.82) is 0 Å². The second-order valence-corrected chi connectivity index (χ2v) is 5.28. The van der Waals surface area contributed by atoms with Crippen LogP contribution in [0.4, 0.5) is 5.13 Å². The Morgan fingerprint density at radius 2 is 2.33 bits per heavy atom. The molecule has 0 saturated heterocycles. The van der Waals surface area contributed by atoms with E-state index in [4.69, 9.17) is 0 Å². The molecule has 2 aromatic rings. The van der Waals surface area contributed by atoms with Crippen molar-refractivity contribution in [3.05, 3.63) is 21.6 Å². The minimum Gasteiger partial charge on any atom is -0.360 e. The van der Waals surface area contributed by atoms with Gasteiger partial charge in [0.1, 0.15) is 0 Å². The molecule has 0 atom stereocenters. The van der Waals surface area contributed by atoms with Gasteiger partial charge in [-0.3, -0.25) is 4.79 Å². The van der Waals surface area contributed by atoms with Gasteiger partial charge in [0.15, 0.2) is 0 Å². The molecule has 0 saturated carbocycles. The maximum absolute atomic E-state index is 12.1. The third-order valence-corrected chi connectivity index (χ3v) is 3.67. The summed E-state index contributed by atoms with van der Waals surface area (Å²) in [6.07, 6.45) is 0. The van der Waals surface area contributed by atoms with Crippen molar-refractivity contribution in [2.45, 2.75) is 13.5 Å². The number of hydrogen-bond acceptors (Lipinski definition) is 7. The van der Waals surface area contributed by atoms with Gasteiger partial charge in [0.25, 0.3) is 5.91 Å². The average Bonchev–Trinajstić information content (AvgIpc) is 3.00. The summed E-state index contributed by atoms with van der Waals surface area (Å²) < 4.78 is 0. The number of rotatable bonds is 5. The van der Waals surface area contributed by atoms with Crippen LogP contribution in [0, 0.1) is 0 Å². The van der Waals surface area contributed by atoms with Crippen LogP contribution in [0.25, 0.3) is 0 Å². The summed E-state index contributed by atoms with van der Waals surface area (Å²) in [5, 5.41) is 13.8. The monoisotopic (exact) mass is 283 g/mol. The third-order valence-electron chi connectivity index (χ3n) is 2.17. The predicted molar refractivity (Wildman–Crippen MR) is 72.0 cm³/mol.